The molecule has 1 amide bonds. The highest BCUT2D eigenvalue weighted by Crippen LogP contribution is 2.23. The summed E-state index contributed by atoms with van der Waals surface area (Å²) in [6.45, 7) is 0. The predicted octanol–water partition coefficient (Wildman–Crippen LogP) is 3.24. The average Bonchev–Trinajstić information content (AvgIpc) is 2.43. The lowest BCUT2D eigenvalue weighted by molar-refractivity contribution is 0.102. The van der Waals surface area contributed by atoms with Crippen LogP contribution in [0.5, 0.6) is 0 Å². The molecule has 0 heterocycles. The Labute approximate surface area is 123 Å². The van der Waals surface area contributed by atoms with Crippen LogP contribution in [0, 0.1) is 0 Å². The van der Waals surface area contributed by atoms with E-state index in [1.54, 1.807) is 24.3 Å². The van der Waals surface area contributed by atoms with Crippen molar-refractivity contribution >= 4 is 34.6 Å². The summed E-state index contributed by atoms with van der Waals surface area (Å²) in [6.07, 6.45) is 0. The van der Waals surface area contributed by atoms with Crippen molar-refractivity contribution < 1.29 is 4.79 Å². The van der Waals surface area contributed by atoms with E-state index in [4.69, 9.17) is 17.3 Å². The summed E-state index contributed by atoms with van der Waals surface area (Å²) >= 11 is 5.93. The van der Waals surface area contributed by atoms with Gasteiger partial charge in [0.05, 0.1) is 10.7 Å². The highest BCUT2D eigenvalue weighted by molar-refractivity contribution is 6.33. The van der Waals surface area contributed by atoms with Crippen molar-refractivity contribution in [1.29, 1.82) is 0 Å². The summed E-state index contributed by atoms with van der Waals surface area (Å²) in [5.74, 6) is -0.186. The molecule has 5 heteroatoms. The Morgan fingerprint density at radius 2 is 1.95 bits per heavy atom. The smallest absolute Gasteiger partial charge is 0.255 e. The largest absolute Gasteiger partial charge is 0.398 e. The van der Waals surface area contributed by atoms with Gasteiger partial charge in [0, 0.05) is 31.0 Å². The second-order valence-electron chi connectivity index (χ2n) is 4.64. The number of amides is 1. The van der Waals surface area contributed by atoms with Gasteiger partial charge in [-0.25, -0.2) is 0 Å². The predicted molar refractivity (Wildman–Crippen MR) is 84.6 cm³/mol. The zero-order valence-corrected chi connectivity index (χ0v) is 12.1. The van der Waals surface area contributed by atoms with Gasteiger partial charge in [0.1, 0.15) is 0 Å². The van der Waals surface area contributed by atoms with E-state index in [-0.39, 0.29) is 5.91 Å². The summed E-state index contributed by atoms with van der Waals surface area (Å²) in [7, 11) is 3.85. The van der Waals surface area contributed by atoms with E-state index < -0.39 is 0 Å². The van der Waals surface area contributed by atoms with Gasteiger partial charge < -0.3 is 16.0 Å². The van der Waals surface area contributed by atoms with Gasteiger partial charge >= 0.3 is 0 Å². The number of anilines is 3. The summed E-state index contributed by atoms with van der Waals surface area (Å²) in [5, 5.41) is 3.22. The monoisotopic (exact) mass is 289 g/mol. The molecule has 0 spiro atoms. The van der Waals surface area contributed by atoms with Crippen molar-refractivity contribution in [2.24, 2.45) is 0 Å². The quantitative estimate of drug-likeness (QED) is 0.853. The molecule has 0 radical (unpaired) electrons. The van der Waals surface area contributed by atoms with Crippen molar-refractivity contribution in [1.82, 2.24) is 0 Å². The first-order valence-electron chi connectivity index (χ1n) is 6.11. The number of halogens is 1. The van der Waals surface area contributed by atoms with Gasteiger partial charge in [0.25, 0.3) is 5.91 Å². The number of hydrogen-bond acceptors (Lipinski definition) is 3. The lowest BCUT2D eigenvalue weighted by Gasteiger charge is -2.13. The van der Waals surface area contributed by atoms with Gasteiger partial charge in [-0.15, -0.1) is 0 Å². The number of carbonyl (C=O) groups is 1. The SMILES string of the molecule is CN(C)c1cccc(C(=O)Nc2ccc(N)c(Cl)c2)c1. The lowest BCUT2D eigenvalue weighted by Crippen LogP contribution is -2.14. The fourth-order valence-electron chi connectivity index (χ4n) is 1.73. The van der Waals surface area contributed by atoms with Gasteiger partial charge in [0.2, 0.25) is 0 Å². The number of benzene rings is 2. The van der Waals surface area contributed by atoms with E-state index in [0.29, 0.717) is 22.0 Å². The molecule has 0 saturated carbocycles. The molecule has 0 saturated heterocycles. The third-order valence-electron chi connectivity index (χ3n) is 2.88. The Hall–Kier alpha value is -2.20. The maximum absolute atomic E-state index is 12.2. The average molecular weight is 290 g/mol. The first kappa shape index (κ1) is 14.2. The van der Waals surface area contributed by atoms with Crippen LogP contribution in [0.25, 0.3) is 0 Å². The third-order valence-corrected chi connectivity index (χ3v) is 3.21. The highest BCUT2D eigenvalue weighted by atomic mass is 35.5. The molecule has 0 aliphatic rings. The molecule has 0 aromatic heterocycles. The molecule has 0 fully saturated rings. The van der Waals surface area contributed by atoms with Crippen LogP contribution in [0.4, 0.5) is 17.1 Å². The fraction of sp³-hybridized carbons (Fsp3) is 0.133. The van der Waals surface area contributed by atoms with Gasteiger partial charge in [-0.3, -0.25) is 4.79 Å². The van der Waals surface area contributed by atoms with Crippen molar-refractivity contribution in [3.63, 3.8) is 0 Å². The van der Waals surface area contributed by atoms with E-state index in [0.717, 1.165) is 5.69 Å². The first-order chi connectivity index (χ1) is 9.47. The molecule has 0 unspecified atom stereocenters. The van der Waals surface area contributed by atoms with Crippen LogP contribution in [-0.4, -0.2) is 20.0 Å². The van der Waals surface area contributed by atoms with Crippen LogP contribution in [0.3, 0.4) is 0 Å². The molecular weight excluding hydrogens is 274 g/mol. The number of carbonyl (C=O) groups excluding carboxylic acids is 1. The number of nitrogen functional groups attached to an aromatic ring is 1. The summed E-state index contributed by atoms with van der Waals surface area (Å²) in [6, 6.07) is 12.4. The Kier molecular flexibility index (Phi) is 4.15. The topological polar surface area (TPSA) is 58.4 Å². The van der Waals surface area contributed by atoms with Crippen LogP contribution in [0.1, 0.15) is 10.4 Å². The van der Waals surface area contributed by atoms with Gasteiger partial charge in [-0.05, 0) is 36.4 Å². The fourth-order valence-corrected chi connectivity index (χ4v) is 1.91. The zero-order chi connectivity index (χ0) is 14.7. The molecule has 3 N–H and O–H groups in total. The first-order valence-corrected chi connectivity index (χ1v) is 6.49. The van der Waals surface area contributed by atoms with Crippen LogP contribution >= 0.6 is 11.6 Å². The van der Waals surface area contributed by atoms with E-state index in [9.17, 15) is 4.79 Å². The van der Waals surface area contributed by atoms with Crippen molar-refractivity contribution in [3.8, 4) is 0 Å². The molecular formula is C15H16ClN3O. The number of nitrogens with one attached hydrogen (secondary N) is 1. The summed E-state index contributed by atoms with van der Waals surface area (Å²) in [4.78, 5) is 14.1. The summed E-state index contributed by atoms with van der Waals surface area (Å²) < 4.78 is 0. The standard InChI is InChI=1S/C15H16ClN3O/c1-19(2)12-5-3-4-10(8-12)15(20)18-11-6-7-14(17)13(16)9-11/h3-9H,17H2,1-2H3,(H,18,20). The Bertz CT molecular complexity index is 641. The van der Waals surface area contributed by atoms with Crippen LogP contribution in [0.2, 0.25) is 5.02 Å². The van der Waals surface area contributed by atoms with Crippen molar-refractivity contribution in [3.05, 3.63) is 53.1 Å². The number of nitrogens with zero attached hydrogens (tertiary/aromatic N) is 1. The molecule has 0 bridgehead atoms. The third kappa shape index (κ3) is 3.22. The minimum absolute atomic E-state index is 0.186. The van der Waals surface area contributed by atoms with Crippen LogP contribution in [-0.2, 0) is 0 Å². The molecule has 4 nitrogen and oxygen atoms in total. The highest BCUT2D eigenvalue weighted by Gasteiger charge is 2.08. The normalized spacial score (nSPS) is 10.2. The minimum Gasteiger partial charge on any atom is -0.398 e. The van der Waals surface area contributed by atoms with E-state index in [1.165, 1.54) is 0 Å². The van der Waals surface area contributed by atoms with E-state index >= 15 is 0 Å². The Morgan fingerprint density at radius 1 is 1.20 bits per heavy atom. The van der Waals surface area contributed by atoms with Crippen LogP contribution < -0.4 is 16.0 Å². The molecule has 20 heavy (non-hydrogen) atoms. The van der Waals surface area contributed by atoms with Gasteiger partial charge in [-0.1, -0.05) is 17.7 Å². The number of rotatable bonds is 3. The molecule has 0 atom stereocenters. The Morgan fingerprint density at radius 3 is 2.60 bits per heavy atom. The minimum atomic E-state index is -0.186. The van der Waals surface area contributed by atoms with Gasteiger partial charge in [-0.2, -0.15) is 0 Å². The molecule has 104 valence electrons. The lowest BCUT2D eigenvalue weighted by atomic mass is 10.1. The molecule has 2 aromatic carbocycles. The maximum Gasteiger partial charge on any atom is 0.255 e. The summed E-state index contributed by atoms with van der Waals surface area (Å²) in [5.41, 5.74) is 8.29. The van der Waals surface area contributed by atoms with E-state index in [2.05, 4.69) is 5.32 Å². The number of nitrogens with two attached hydrogens (primary N) is 1. The second-order valence-corrected chi connectivity index (χ2v) is 5.04. The number of hydrogen-bond donors (Lipinski definition) is 2. The van der Waals surface area contributed by atoms with Crippen LogP contribution in [0.15, 0.2) is 42.5 Å². The second kappa shape index (κ2) is 5.84. The van der Waals surface area contributed by atoms with Gasteiger partial charge in [0.15, 0.2) is 0 Å². The molecule has 2 rings (SSSR count). The van der Waals surface area contributed by atoms with E-state index in [1.807, 2.05) is 37.2 Å². The molecule has 0 aliphatic heterocycles. The molecule has 0 aliphatic carbocycles. The van der Waals surface area contributed by atoms with Crippen molar-refractivity contribution in [2.45, 2.75) is 0 Å². The van der Waals surface area contributed by atoms with Crippen molar-refractivity contribution in [2.75, 3.05) is 30.0 Å². The zero-order valence-electron chi connectivity index (χ0n) is 11.4. The maximum atomic E-state index is 12.2. The molecule has 2 aromatic rings. The Balaban J connectivity index is 2.19.